The van der Waals surface area contributed by atoms with Gasteiger partial charge in [0, 0.05) is 12.6 Å². The van der Waals surface area contributed by atoms with E-state index in [2.05, 4.69) is 5.32 Å². The van der Waals surface area contributed by atoms with Gasteiger partial charge in [0.2, 0.25) is 12.7 Å². The molecule has 0 radical (unpaired) electrons. The van der Waals surface area contributed by atoms with Crippen molar-refractivity contribution in [2.45, 2.75) is 46.8 Å². The summed E-state index contributed by atoms with van der Waals surface area (Å²) in [6, 6.07) is 8.37. The highest BCUT2D eigenvalue weighted by atomic mass is 16.7. The fraction of sp³-hybridized carbons (Fsp3) is 0.458. The van der Waals surface area contributed by atoms with Crippen molar-refractivity contribution in [1.29, 1.82) is 0 Å². The summed E-state index contributed by atoms with van der Waals surface area (Å²) >= 11 is 0. The Morgan fingerprint density at radius 2 is 1.85 bits per heavy atom. The van der Waals surface area contributed by atoms with Gasteiger partial charge in [0.15, 0.2) is 11.5 Å². The van der Waals surface area contributed by atoms with Crippen LogP contribution in [-0.2, 0) is 27.4 Å². The Morgan fingerprint density at radius 3 is 2.53 bits per heavy atom. The van der Waals surface area contributed by atoms with Gasteiger partial charge in [-0.05, 0) is 57.5 Å². The maximum Gasteiger partial charge on any atom is 0.325 e. The van der Waals surface area contributed by atoms with Crippen LogP contribution in [0.2, 0.25) is 0 Å². The number of hydrogen-bond acceptors (Lipinski definition) is 7. The molecule has 10 heteroatoms. The number of nitrogens with zero attached hydrogens (tertiary/aromatic N) is 2. The van der Waals surface area contributed by atoms with Gasteiger partial charge >= 0.3 is 12.0 Å². The van der Waals surface area contributed by atoms with Crippen molar-refractivity contribution in [3.8, 4) is 11.5 Å². The van der Waals surface area contributed by atoms with Gasteiger partial charge in [0.05, 0.1) is 13.2 Å². The van der Waals surface area contributed by atoms with Gasteiger partial charge in [0.25, 0.3) is 0 Å². The molecule has 0 atom stereocenters. The predicted molar refractivity (Wildman–Crippen MR) is 122 cm³/mol. The molecule has 10 nitrogen and oxygen atoms in total. The number of urea groups is 1. The van der Waals surface area contributed by atoms with Crippen LogP contribution in [0, 0.1) is 6.92 Å². The van der Waals surface area contributed by atoms with E-state index in [1.807, 2.05) is 31.2 Å². The lowest BCUT2D eigenvalue weighted by atomic mass is 10.1. The number of hydrogen-bond donors (Lipinski definition) is 1. The van der Waals surface area contributed by atoms with Crippen molar-refractivity contribution in [3.05, 3.63) is 47.4 Å². The van der Waals surface area contributed by atoms with E-state index in [0.29, 0.717) is 17.3 Å². The normalized spacial score (nSPS) is 11.9. The average molecular weight is 474 g/mol. The smallest absolute Gasteiger partial charge is 0.325 e. The van der Waals surface area contributed by atoms with Crippen LogP contribution in [0.3, 0.4) is 0 Å². The predicted octanol–water partition coefficient (Wildman–Crippen LogP) is 2.83. The van der Waals surface area contributed by atoms with E-state index >= 15 is 0 Å². The number of aryl methyl sites for hydroxylation is 1. The van der Waals surface area contributed by atoms with Crippen molar-refractivity contribution in [2.75, 3.05) is 26.5 Å². The first-order valence-corrected chi connectivity index (χ1v) is 11.2. The number of esters is 1. The lowest BCUT2D eigenvalue weighted by Gasteiger charge is -2.30. The Hall–Kier alpha value is -3.69. The van der Waals surface area contributed by atoms with Crippen LogP contribution < -0.4 is 14.8 Å². The molecule has 3 rings (SSSR count). The zero-order chi connectivity index (χ0) is 24.7. The van der Waals surface area contributed by atoms with Gasteiger partial charge in [-0.3, -0.25) is 9.59 Å². The van der Waals surface area contributed by atoms with Crippen LogP contribution in [-0.4, -0.2) is 60.2 Å². The second-order valence-electron chi connectivity index (χ2n) is 8.14. The Balaban J connectivity index is 1.73. The number of nitrogens with one attached hydrogen (secondary N) is 1. The summed E-state index contributed by atoms with van der Waals surface area (Å²) in [5.41, 5.74) is 0.851. The molecular weight excluding hydrogens is 442 g/mol. The number of benzene rings is 1. The maximum atomic E-state index is 13.4. The van der Waals surface area contributed by atoms with E-state index < -0.39 is 12.0 Å². The molecule has 0 aliphatic carbocycles. The molecule has 1 aromatic carbocycles. The molecular formula is C24H31N3O7. The monoisotopic (exact) mass is 473 g/mol. The SMILES string of the molecule is CCOC(=O)CNC(=O)N(CC(=O)N(Cc1ccc2c(c1)OCO2)Cc1ccc(C)o1)C(C)C. The molecule has 0 bridgehead atoms. The third-order valence-corrected chi connectivity index (χ3v) is 5.18. The van der Waals surface area contributed by atoms with Crippen LogP contribution in [0.25, 0.3) is 0 Å². The largest absolute Gasteiger partial charge is 0.465 e. The lowest BCUT2D eigenvalue weighted by molar-refractivity contribution is -0.141. The van der Waals surface area contributed by atoms with Gasteiger partial charge in [0.1, 0.15) is 24.6 Å². The van der Waals surface area contributed by atoms with Crippen LogP contribution in [0.4, 0.5) is 4.79 Å². The van der Waals surface area contributed by atoms with Crippen molar-refractivity contribution in [2.24, 2.45) is 0 Å². The molecule has 0 spiro atoms. The summed E-state index contributed by atoms with van der Waals surface area (Å²) in [5.74, 6) is 1.85. The van der Waals surface area contributed by atoms with Crippen LogP contribution in [0.5, 0.6) is 11.5 Å². The summed E-state index contributed by atoms with van der Waals surface area (Å²) in [5, 5.41) is 2.52. The molecule has 3 amide bonds. The third-order valence-electron chi connectivity index (χ3n) is 5.18. The molecule has 0 unspecified atom stereocenters. The minimum atomic E-state index is -0.538. The second kappa shape index (κ2) is 11.4. The van der Waals surface area contributed by atoms with Crippen LogP contribution in [0.1, 0.15) is 37.9 Å². The fourth-order valence-electron chi connectivity index (χ4n) is 3.45. The summed E-state index contributed by atoms with van der Waals surface area (Å²) in [6.45, 7) is 7.59. The number of ether oxygens (including phenoxy) is 3. The topological polar surface area (TPSA) is 111 Å². The quantitative estimate of drug-likeness (QED) is 0.528. The van der Waals surface area contributed by atoms with Crippen LogP contribution in [0.15, 0.2) is 34.7 Å². The van der Waals surface area contributed by atoms with E-state index in [9.17, 15) is 14.4 Å². The summed E-state index contributed by atoms with van der Waals surface area (Å²) < 4.78 is 21.3. The van der Waals surface area contributed by atoms with Crippen LogP contribution >= 0.6 is 0 Å². The van der Waals surface area contributed by atoms with Crippen molar-refractivity contribution in [1.82, 2.24) is 15.1 Å². The lowest BCUT2D eigenvalue weighted by Crippen LogP contribution is -2.50. The van der Waals surface area contributed by atoms with Gasteiger partial charge in [-0.15, -0.1) is 0 Å². The first-order valence-electron chi connectivity index (χ1n) is 11.2. The van der Waals surface area contributed by atoms with Gasteiger partial charge in [-0.1, -0.05) is 6.07 Å². The van der Waals surface area contributed by atoms with Crippen molar-refractivity contribution in [3.63, 3.8) is 0 Å². The van der Waals surface area contributed by atoms with E-state index in [4.69, 9.17) is 18.6 Å². The molecule has 0 saturated carbocycles. The zero-order valence-electron chi connectivity index (χ0n) is 20.0. The Labute approximate surface area is 198 Å². The summed E-state index contributed by atoms with van der Waals surface area (Å²) in [6.07, 6.45) is 0. The molecule has 1 aliphatic heterocycles. The molecule has 1 N–H and O–H groups in total. The van der Waals surface area contributed by atoms with Crippen molar-refractivity contribution >= 4 is 17.9 Å². The molecule has 1 aromatic heterocycles. The molecule has 0 saturated heterocycles. The summed E-state index contributed by atoms with van der Waals surface area (Å²) in [7, 11) is 0. The molecule has 2 aromatic rings. The van der Waals surface area contributed by atoms with Gasteiger partial charge in [-0.2, -0.15) is 0 Å². The minimum absolute atomic E-state index is 0.164. The zero-order valence-corrected chi connectivity index (χ0v) is 20.0. The number of furan rings is 1. The third kappa shape index (κ3) is 6.66. The molecule has 184 valence electrons. The fourth-order valence-corrected chi connectivity index (χ4v) is 3.45. The highest BCUT2D eigenvalue weighted by Crippen LogP contribution is 2.33. The van der Waals surface area contributed by atoms with E-state index in [1.54, 1.807) is 31.7 Å². The summed E-state index contributed by atoms with van der Waals surface area (Å²) in [4.78, 5) is 40.6. The van der Waals surface area contributed by atoms with E-state index in [-0.39, 0.29) is 51.5 Å². The maximum absolute atomic E-state index is 13.4. The minimum Gasteiger partial charge on any atom is -0.465 e. The first-order chi connectivity index (χ1) is 16.3. The van der Waals surface area contributed by atoms with E-state index in [0.717, 1.165) is 11.3 Å². The number of carbonyl (C=O) groups is 3. The van der Waals surface area contributed by atoms with Crippen molar-refractivity contribution < 1.29 is 33.0 Å². The molecule has 1 aliphatic rings. The number of rotatable bonds is 10. The standard InChI is InChI=1S/C24H31N3O7/c1-5-31-23(29)11-25-24(30)27(16(2)3)14-22(28)26(13-19-8-6-17(4)34-19)12-18-7-9-20-21(10-18)33-15-32-20/h6-10,16H,5,11-15H2,1-4H3,(H,25,30). The number of fused-ring (bicyclic) bond motifs is 1. The Kier molecular flexibility index (Phi) is 8.39. The first kappa shape index (κ1) is 24.9. The molecule has 2 heterocycles. The molecule has 0 fully saturated rings. The van der Waals surface area contributed by atoms with Gasteiger partial charge in [-0.25, -0.2) is 4.79 Å². The Bertz CT molecular complexity index is 1020. The highest BCUT2D eigenvalue weighted by molar-refractivity contribution is 5.86. The van der Waals surface area contributed by atoms with Gasteiger partial charge < -0.3 is 33.7 Å². The average Bonchev–Trinajstić information content (AvgIpc) is 3.43. The Morgan fingerprint density at radius 1 is 1.09 bits per heavy atom. The second-order valence-corrected chi connectivity index (χ2v) is 8.14. The number of carbonyl (C=O) groups excluding carboxylic acids is 3. The number of amides is 3. The highest BCUT2D eigenvalue weighted by Gasteiger charge is 2.25. The van der Waals surface area contributed by atoms with E-state index in [1.165, 1.54) is 4.90 Å². The molecule has 34 heavy (non-hydrogen) atoms.